The molecule has 0 saturated carbocycles. The summed E-state index contributed by atoms with van der Waals surface area (Å²) in [5.74, 6) is -0.0936. The maximum Gasteiger partial charge on any atom is 0.131 e. The van der Waals surface area contributed by atoms with Crippen LogP contribution in [-0.4, -0.2) is 6.54 Å². The van der Waals surface area contributed by atoms with E-state index in [4.69, 9.17) is 0 Å². The van der Waals surface area contributed by atoms with Crippen LogP contribution in [0.5, 0.6) is 0 Å². The van der Waals surface area contributed by atoms with Crippen LogP contribution in [0.4, 0.5) is 4.39 Å². The van der Waals surface area contributed by atoms with E-state index in [1.807, 2.05) is 25.1 Å². The van der Waals surface area contributed by atoms with Crippen LogP contribution in [0.25, 0.3) is 0 Å². The SMILES string of the molecule is CCNC(c1ccc2c(c1)CCC2)c1cccc(C)c1F. The molecule has 0 aromatic heterocycles. The predicted molar refractivity (Wildman–Crippen MR) is 85.1 cm³/mol. The van der Waals surface area contributed by atoms with Gasteiger partial charge in [-0.15, -0.1) is 0 Å². The van der Waals surface area contributed by atoms with Gasteiger partial charge in [-0.1, -0.05) is 43.3 Å². The van der Waals surface area contributed by atoms with Crippen molar-refractivity contribution in [3.05, 3.63) is 70.0 Å². The number of hydrogen-bond acceptors (Lipinski definition) is 1. The first kappa shape index (κ1) is 14.3. The molecule has 2 aromatic rings. The molecule has 0 bridgehead atoms. The summed E-state index contributed by atoms with van der Waals surface area (Å²) in [5, 5.41) is 3.43. The zero-order valence-electron chi connectivity index (χ0n) is 12.7. The Hall–Kier alpha value is -1.67. The molecular formula is C19H22FN. The summed E-state index contributed by atoms with van der Waals surface area (Å²) in [7, 11) is 0. The third-order valence-corrected chi connectivity index (χ3v) is 4.40. The van der Waals surface area contributed by atoms with Crippen molar-refractivity contribution in [2.75, 3.05) is 6.54 Å². The van der Waals surface area contributed by atoms with Gasteiger partial charge in [0.05, 0.1) is 6.04 Å². The number of benzene rings is 2. The van der Waals surface area contributed by atoms with Gasteiger partial charge in [0.2, 0.25) is 0 Å². The minimum Gasteiger partial charge on any atom is -0.306 e. The van der Waals surface area contributed by atoms with Crippen molar-refractivity contribution >= 4 is 0 Å². The van der Waals surface area contributed by atoms with Gasteiger partial charge >= 0.3 is 0 Å². The Morgan fingerprint density at radius 2 is 1.95 bits per heavy atom. The molecule has 0 amide bonds. The monoisotopic (exact) mass is 283 g/mol. The molecule has 0 fully saturated rings. The molecular weight excluding hydrogens is 261 g/mol. The fourth-order valence-electron chi connectivity index (χ4n) is 3.28. The highest BCUT2D eigenvalue weighted by Crippen LogP contribution is 2.30. The van der Waals surface area contributed by atoms with Gasteiger partial charge in [0.15, 0.2) is 0 Å². The van der Waals surface area contributed by atoms with Gasteiger partial charge in [-0.05, 0) is 55.0 Å². The van der Waals surface area contributed by atoms with E-state index in [-0.39, 0.29) is 11.9 Å². The molecule has 2 heteroatoms. The second-order valence-electron chi connectivity index (χ2n) is 5.85. The van der Waals surface area contributed by atoms with Crippen LogP contribution >= 0.6 is 0 Å². The van der Waals surface area contributed by atoms with Gasteiger partial charge in [0.1, 0.15) is 5.82 Å². The molecule has 0 spiro atoms. The quantitative estimate of drug-likeness (QED) is 0.881. The third-order valence-electron chi connectivity index (χ3n) is 4.40. The molecule has 3 rings (SSSR count). The number of aryl methyl sites for hydroxylation is 3. The average Bonchev–Trinajstić information content (AvgIpc) is 2.95. The molecule has 0 heterocycles. The summed E-state index contributed by atoms with van der Waals surface area (Å²) in [5.41, 5.74) is 5.51. The van der Waals surface area contributed by atoms with E-state index in [1.165, 1.54) is 29.5 Å². The van der Waals surface area contributed by atoms with Gasteiger partial charge in [0.25, 0.3) is 0 Å². The summed E-state index contributed by atoms with van der Waals surface area (Å²) in [6.45, 7) is 4.70. The number of rotatable bonds is 4. The van der Waals surface area contributed by atoms with E-state index in [2.05, 4.69) is 30.4 Å². The standard InChI is InChI=1S/C19H22FN/c1-3-21-19(17-9-4-6-13(2)18(17)20)16-11-10-14-7-5-8-15(14)12-16/h4,6,9-12,19,21H,3,5,7-8H2,1-2H3. The molecule has 1 N–H and O–H groups in total. The van der Waals surface area contributed by atoms with Crippen molar-refractivity contribution in [2.24, 2.45) is 0 Å². The fourth-order valence-corrected chi connectivity index (χ4v) is 3.28. The van der Waals surface area contributed by atoms with E-state index < -0.39 is 0 Å². The summed E-state index contributed by atoms with van der Waals surface area (Å²) in [6, 6.07) is 12.2. The number of fused-ring (bicyclic) bond motifs is 1. The maximum atomic E-state index is 14.5. The highest BCUT2D eigenvalue weighted by Gasteiger charge is 2.20. The summed E-state index contributed by atoms with van der Waals surface area (Å²) < 4.78 is 14.5. The lowest BCUT2D eigenvalue weighted by Gasteiger charge is -2.21. The molecule has 1 aliphatic rings. The second kappa shape index (κ2) is 5.98. The minimum absolute atomic E-state index is 0.0687. The van der Waals surface area contributed by atoms with E-state index in [9.17, 15) is 4.39 Å². The van der Waals surface area contributed by atoms with Crippen LogP contribution in [0.1, 0.15) is 47.2 Å². The van der Waals surface area contributed by atoms with Crippen LogP contribution < -0.4 is 5.32 Å². The molecule has 2 aromatic carbocycles. The Kier molecular flexibility index (Phi) is 4.07. The first-order valence-corrected chi connectivity index (χ1v) is 7.80. The van der Waals surface area contributed by atoms with Crippen molar-refractivity contribution in [3.63, 3.8) is 0 Å². The largest absolute Gasteiger partial charge is 0.306 e. The lowest BCUT2D eigenvalue weighted by molar-refractivity contribution is 0.553. The molecule has 21 heavy (non-hydrogen) atoms. The smallest absolute Gasteiger partial charge is 0.131 e. The summed E-state index contributed by atoms with van der Waals surface area (Å²) in [4.78, 5) is 0. The summed E-state index contributed by atoms with van der Waals surface area (Å²) >= 11 is 0. The third kappa shape index (κ3) is 2.73. The van der Waals surface area contributed by atoms with Gasteiger partial charge in [-0.2, -0.15) is 0 Å². The molecule has 0 saturated heterocycles. The van der Waals surface area contributed by atoms with E-state index in [0.717, 1.165) is 18.5 Å². The molecule has 1 unspecified atom stereocenters. The van der Waals surface area contributed by atoms with Crippen LogP contribution in [0.3, 0.4) is 0 Å². The normalized spacial score (nSPS) is 15.0. The van der Waals surface area contributed by atoms with E-state index in [1.54, 1.807) is 0 Å². The Morgan fingerprint density at radius 1 is 1.14 bits per heavy atom. The number of nitrogens with one attached hydrogen (secondary N) is 1. The Morgan fingerprint density at radius 3 is 2.76 bits per heavy atom. The molecule has 0 aliphatic heterocycles. The van der Waals surface area contributed by atoms with Crippen LogP contribution in [0.15, 0.2) is 36.4 Å². The zero-order valence-corrected chi connectivity index (χ0v) is 12.7. The van der Waals surface area contributed by atoms with Crippen molar-refractivity contribution in [1.29, 1.82) is 0 Å². The summed E-state index contributed by atoms with van der Waals surface area (Å²) in [6.07, 6.45) is 3.57. The lowest BCUT2D eigenvalue weighted by Crippen LogP contribution is -2.23. The van der Waals surface area contributed by atoms with Crippen LogP contribution in [0, 0.1) is 12.7 Å². The Bertz CT molecular complexity index is 648. The van der Waals surface area contributed by atoms with Crippen molar-refractivity contribution < 1.29 is 4.39 Å². The Labute approximate surface area is 126 Å². The zero-order chi connectivity index (χ0) is 14.8. The average molecular weight is 283 g/mol. The Balaban J connectivity index is 2.03. The first-order chi connectivity index (χ1) is 10.2. The van der Waals surface area contributed by atoms with Gasteiger partial charge in [0, 0.05) is 5.56 Å². The molecule has 1 aliphatic carbocycles. The molecule has 1 nitrogen and oxygen atoms in total. The van der Waals surface area contributed by atoms with Crippen molar-refractivity contribution in [2.45, 2.75) is 39.2 Å². The van der Waals surface area contributed by atoms with Crippen molar-refractivity contribution in [3.8, 4) is 0 Å². The minimum atomic E-state index is -0.0936. The van der Waals surface area contributed by atoms with Gasteiger partial charge < -0.3 is 5.32 Å². The highest BCUT2D eigenvalue weighted by molar-refractivity contribution is 5.41. The topological polar surface area (TPSA) is 12.0 Å². The molecule has 110 valence electrons. The van der Waals surface area contributed by atoms with Crippen LogP contribution in [-0.2, 0) is 12.8 Å². The van der Waals surface area contributed by atoms with E-state index >= 15 is 0 Å². The number of halogens is 1. The van der Waals surface area contributed by atoms with Gasteiger partial charge in [-0.3, -0.25) is 0 Å². The second-order valence-corrected chi connectivity index (χ2v) is 5.85. The van der Waals surface area contributed by atoms with Gasteiger partial charge in [-0.25, -0.2) is 4.39 Å². The number of hydrogen-bond donors (Lipinski definition) is 1. The fraction of sp³-hybridized carbons (Fsp3) is 0.368. The van der Waals surface area contributed by atoms with Crippen LogP contribution in [0.2, 0.25) is 0 Å². The first-order valence-electron chi connectivity index (χ1n) is 7.80. The lowest BCUT2D eigenvalue weighted by atomic mass is 9.94. The van der Waals surface area contributed by atoms with E-state index in [0.29, 0.717) is 5.56 Å². The highest BCUT2D eigenvalue weighted by atomic mass is 19.1. The maximum absolute atomic E-state index is 14.5. The molecule has 0 radical (unpaired) electrons. The molecule has 1 atom stereocenters. The predicted octanol–water partition coefficient (Wildman–Crippen LogP) is 4.32. The van der Waals surface area contributed by atoms with Crippen molar-refractivity contribution in [1.82, 2.24) is 5.32 Å².